The van der Waals surface area contributed by atoms with Crippen molar-refractivity contribution in [3.8, 4) is 0 Å². The van der Waals surface area contributed by atoms with E-state index in [9.17, 15) is 0 Å². The Balaban J connectivity index is 1.91. The van der Waals surface area contributed by atoms with Crippen molar-refractivity contribution in [2.75, 3.05) is 26.7 Å². The average Bonchev–Trinajstić information content (AvgIpc) is 2.64. The first-order valence-corrected chi connectivity index (χ1v) is 9.33. The predicted octanol–water partition coefficient (Wildman–Crippen LogP) is 4.16. The molecular weight excluding hydrogens is 256 g/mol. The summed E-state index contributed by atoms with van der Waals surface area (Å²) >= 11 is 0. The molecule has 1 aliphatic heterocycles. The lowest BCUT2D eigenvalue weighted by Crippen LogP contribution is -2.51. The molecule has 124 valence electrons. The highest BCUT2D eigenvalue weighted by Crippen LogP contribution is 2.39. The van der Waals surface area contributed by atoms with E-state index in [1.165, 1.54) is 58.2 Å². The Bertz CT molecular complexity index is 311. The van der Waals surface area contributed by atoms with Crippen molar-refractivity contribution < 1.29 is 0 Å². The molecule has 1 N–H and O–H groups in total. The summed E-state index contributed by atoms with van der Waals surface area (Å²) in [6.07, 6.45) is 8.47. The summed E-state index contributed by atoms with van der Waals surface area (Å²) in [5.41, 5.74) is 0.462. The SMILES string of the molecule is CNC1C(CN2CCCC(C(C)C)CC2)CCCC1(C)C. The van der Waals surface area contributed by atoms with Gasteiger partial charge in [0.1, 0.15) is 0 Å². The fourth-order valence-electron chi connectivity index (χ4n) is 4.97. The van der Waals surface area contributed by atoms with Crippen LogP contribution in [0.1, 0.15) is 66.2 Å². The second-order valence-corrected chi connectivity index (χ2v) is 8.64. The molecule has 2 aliphatic rings. The molecule has 0 aromatic rings. The van der Waals surface area contributed by atoms with Crippen LogP contribution in [0.5, 0.6) is 0 Å². The van der Waals surface area contributed by atoms with Gasteiger partial charge in [-0.05, 0) is 75.4 Å². The van der Waals surface area contributed by atoms with Crippen LogP contribution < -0.4 is 5.32 Å². The summed E-state index contributed by atoms with van der Waals surface area (Å²) in [4.78, 5) is 2.78. The molecule has 1 saturated carbocycles. The molecule has 0 spiro atoms. The third-order valence-corrected chi connectivity index (χ3v) is 6.32. The van der Waals surface area contributed by atoms with Gasteiger partial charge in [0, 0.05) is 12.6 Å². The minimum absolute atomic E-state index is 0.462. The first-order chi connectivity index (χ1) is 9.94. The van der Waals surface area contributed by atoms with Crippen molar-refractivity contribution in [2.45, 2.75) is 72.3 Å². The van der Waals surface area contributed by atoms with Crippen molar-refractivity contribution >= 4 is 0 Å². The van der Waals surface area contributed by atoms with Crippen LogP contribution in [0, 0.1) is 23.2 Å². The van der Waals surface area contributed by atoms with Gasteiger partial charge in [-0.3, -0.25) is 0 Å². The molecule has 2 fully saturated rings. The fourth-order valence-corrected chi connectivity index (χ4v) is 4.97. The molecule has 2 heteroatoms. The van der Waals surface area contributed by atoms with E-state index in [0.29, 0.717) is 11.5 Å². The largest absolute Gasteiger partial charge is 0.316 e. The molecule has 2 nitrogen and oxygen atoms in total. The summed E-state index contributed by atoms with van der Waals surface area (Å²) < 4.78 is 0. The lowest BCUT2D eigenvalue weighted by Gasteiger charge is -2.45. The van der Waals surface area contributed by atoms with Gasteiger partial charge in [0.15, 0.2) is 0 Å². The number of nitrogens with zero attached hydrogens (tertiary/aromatic N) is 1. The molecule has 0 radical (unpaired) electrons. The number of rotatable bonds is 4. The molecule has 3 atom stereocenters. The summed E-state index contributed by atoms with van der Waals surface area (Å²) in [6.45, 7) is 13.7. The molecule has 2 rings (SSSR count). The standard InChI is InChI=1S/C19H38N2/c1-15(2)16-9-7-12-21(13-10-16)14-17-8-6-11-19(3,4)18(17)20-5/h15-18,20H,6-14H2,1-5H3. The van der Waals surface area contributed by atoms with Gasteiger partial charge in [-0.15, -0.1) is 0 Å². The van der Waals surface area contributed by atoms with Crippen molar-refractivity contribution in [1.29, 1.82) is 0 Å². The van der Waals surface area contributed by atoms with Crippen LogP contribution in [0.25, 0.3) is 0 Å². The molecule has 0 amide bonds. The van der Waals surface area contributed by atoms with Crippen LogP contribution in [0.2, 0.25) is 0 Å². The Labute approximate surface area is 133 Å². The first kappa shape index (κ1) is 17.3. The maximum Gasteiger partial charge on any atom is 0.0156 e. The van der Waals surface area contributed by atoms with Crippen molar-refractivity contribution in [2.24, 2.45) is 23.2 Å². The van der Waals surface area contributed by atoms with E-state index in [0.717, 1.165) is 17.8 Å². The Morgan fingerprint density at radius 2 is 1.86 bits per heavy atom. The molecule has 21 heavy (non-hydrogen) atoms. The van der Waals surface area contributed by atoms with Crippen LogP contribution in [0.4, 0.5) is 0 Å². The maximum atomic E-state index is 3.65. The zero-order chi connectivity index (χ0) is 15.5. The minimum atomic E-state index is 0.462. The van der Waals surface area contributed by atoms with Gasteiger partial charge in [0.05, 0.1) is 0 Å². The summed E-state index contributed by atoms with van der Waals surface area (Å²) in [7, 11) is 2.17. The number of hydrogen-bond acceptors (Lipinski definition) is 2. The fraction of sp³-hybridized carbons (Fsp3) is 1.00. The molecular formula is C19H38N2. The van der Waals surface area contributed by atoms with Gasteiger partial charge in [-0.2, -0.15) is 0 Å². The summed E-state index contributed by atoms with van der Waals surface area (Å²) in [5.74, 6) is 2.66. The maximum absolute atomic E-state index is 3.65. The molecule has 0 bridgehead atoms. The van der Waals surface area contributed by atoms with E-state index in [1.807, 2.05) is 0 Å². The lowest BCUT2D eigenvalue weighted by molar-refractivity contribution is 0.0839. The number of likely N-dealkylation sites (tertiary alicyclic amines) is 1. The van der Waals surface area contributed by atoms with E-state index >= 15 is 0 Å². The normalized spacial score (nSPS) is 34.9. The minimum Gasteiger partial charge on any atom is -0.316 e. The number of nitrogens with one attached hydrogen (secondary N) is 1. The summed E-state index contributed by atoms with van der Waals surface area (Å²) in [6, 6.07) is 0.690. The Hall–Kier alpha value is -0.0800. The third kappa shape index (κ3) is 4.45. The van der Waals surface area contributed by atoms with Crippen LogP contribution in [0.3, 0.4) is 0 Å². The van der Waals surface area contributed by atoms with E-state index in [-0.39, 0.29) is 0 Å². The van der Waals surface area contributed by atoms with Gasteiger partial charge < -0.3 is 10.2 Å². The zero-order valence-electron chi connectivity index (χ0n) is 15.1. The quantitative estimate of drug-likeness (QED) is 0.837. The highest BCUT2D eigenvalue weighted by molar-refractivity contribution is 4.94. The van der Waals surface area contributed by atoms with Crippen molar-refractivity contribution in [3.63, 3.8) is 0 Å². The number of hydrogen-bond donors (Lipinski definition) is 1. The molecule has 1 heterocycles. The highest BCUT2D eigenvalue weighted by Gasteiger charge is 2.38. The second-order valence-electron chi connectivity index (χ2n) is 8.64. The lowest BCUT2D eigenvalue weighted by atomic mass is 9.68. The van der Waals surface area contributed by atoms with E-state index in [4.69, 9.17) is 0 Å². The Morgan fingerprint density at radius 3 is 2.52 bits per heavy atom. The van der Waals surface area contributed by atoms with Gasteiger partial charge in [-0.25, -0.2) is 0 Å². The van der Waals surface area contributed by atoms with Crippen molar-refractivity contribution in [1.82, 2.24) is 10.2 Å². The van der Waals surface area contributed by atoms with Crippen LogP contribution in [-0.2, 0) is 0 Å². The average molecular weight is 295 g/mol. The topological polar surface area (TPSA) is 15.3 Å². The van der Waals surface area contributed by atoms with Gasteiger partial charge in [0.2, 0.25) is 0 Å². The monoisotopic (exact) mass is 294 g/mol. The molecule has 0 aromatic carbocycles. The Morgan fingerprint density at radius 1 is 1.10 bits per heavy atom. The Kier molecular flexibility index (Phi) is 6.14. The summed E-state index contributed by atoms with van der Waals surface area (Å²) in [5, 5.41) is 3.65. The van der Waals surface area contributed by atoms with Crippen LogP contribution >= 0.6 is 0 Å². The van der Waals surface area contributed by atoms with E-state index in [1.54, 1.807) is 0 Å². The van der Waals surface area contributed by atoms with E-state index in [2.05, 4.69) is 45.0 Å². The van der Waals surface area contributed by atoms with Crippen molar-refractivity contribution in [3.05, 3.63) is 0 Å². The highest BCUT2D eigenvalue weighted by atomic mass is 15.1. The second kappa shape index (κ2) is 7.46. The zero-order valence-corrected chi connectivity index (χ0v) is 15.1. The molecule has 0 aromatic heterocycles. The predicted molar refractivity (Wildman–Crippen MR) is 92.6 cm³/mol. The third-order valence-electron chi connectivity index (χ3n) is 6.32. The van der Waals surface area contributed by atoms with Gasteiger partial charge in [-0.1, -0.05) is 34.1 Å². The molecule has 1 aliphatic carbocycles. The van der Waals surface area contributed by atoms with E-state index < -0.39 is 0 Å². The molecule has 3 unspecified atom stereocenters. The molecule has 1 saturated heterocycles. The smallest absolute Gasteiger partial charge is 0.0156 e. The van der Waals surface area contributed by atoms with Gasteiger partial charge in [0.25, 0.3) is 0 Å². The van der Waals surface area contributed by atoms with Gasteiger partial charge >= 0.3 is 0 Å². The van der Waals surface area contributed by atoms with Crippen LogP contribution in [-0.4, -0.2) is 37.6 Å². The first-order valence-electron chi connectivity index (χ1n) is 9.33. The van der Waals surface area contributed by atoms with Crippen LogP contribution in [0.15, 0.2) is 0 Å².